The topological polar surface area (TPSA) is 27.3 Å². The van der Waals surface area contributed by atoms with Crippen LogP contribution in [0.1, 0.15) is 32.6 Å². The largest absolute Gasteiger partial charge is 0.317 e. The van der Waals surface area contributed by atoms with Crippen molar-refractivity contribution in [3.05, 3.63) is 0 Å². The van der Waals surface area contributed by atoms with Gasteiger partial charge in [0.25, 0.3) is 0 Å². The van der Waals surface area contributed by atoms with Gasteiger partial charge in [0.2, 0.25) is 0 Å². The third-order valence-corrected chi connectivity index (χ3v) is 3.11. The smallest absolute Gasteiger partial charge is 0.00821 e. The normalized spacial score (nSPS) is 25.2. The maximum absolute atomic E-state index is 3.75. The maximum Gasteiger partial charge on any atom is 0.00821 e. The molecule has 1 heterocycles. The first-order valence-electron chi connectivity index (χ1n) is 6.30. The molecule has 1 saturated heterocycles. The molecule has 2 N–H and O–H groups in total. The quantitative estimate of drug-likeness (QED) is 0.715. The van der Waals surface area contributed by atoms with Gasteiger partial charge in [0.15, 0.2) is 0 Å². The highest BCUT2D eigenvalue weighted by atomic mass is 15.1. The Labute approximate surface area is 94.6 Å². The van der Waals surface area contributed by atoms with E-state index < -0.39 is 0 Å². The average Bonchev–Trinajstić information content (AvgIpc) is 2.43. The van der Waals surface area contributed by atoms with Crippen LogP contribution in [0.2, 0.25) is 0 Å². The molecule has 90 valence electrons. The van der Waals surface area contributed by atoms with Gasteiger partial charge in [0, 0.05) is 12.1 Å². The van der Waals surface area contributed by atoms with Crippen molar-refractivity contribution in [2.75, 3.05) is 33.7 Å². The molecule has 2 unspecified atom stereocenters. The molecule has 15 heavy (non-hydrogen) atoms. The van der Waals surface area contributed by atoms with Crippen LogP contribution in [0, 0.1) is 0 Å². The van der Waals surface area contributed by atoms with Crippen molar-refractivity contribution in [2.24, 2.45) is 0 Å². The van der Waals surface area contributed by atoms with Crippen molar-refractivity contribution < 1.29 is 0 Å². The molecule has 1 aliphatic rings. The Hall–Kier alpha value is -0.120. The highest BCUT2D eigenvalue weighted by Crippen LogP contribution is 2.07. The number of nitrogens with one attached hydrogen (secondary N) is 2. The summed E-state index contributed by atoms with van der Waals surface area (Å²) in [5.74, 6) is 0. The summed E-state index contributed by atoms with van der Waals surface area (Å²) in [6.45, 7) is 5.86. The van der Waals surface area contributed by atoms with E-state index in [9.17, 15) is 0 Å². The molecule has 0 aromatic carbocycles. The molecule has 0 aromatic rings. The molecular formula is C12H27N3. The first kappa shape index (κ1) is 12.9. The number of hydrogen-bond donors (Lipinski definition) is 2. The van der Waals surface area contributed by atoms with E-state index in [1.807, 2.05) is 0 Å². The highest BCUT2D eigenvalue weighted by molar-refractivity contribution is 4.75. The Kier molecular flexibility index (Phi) is 6.22. The summed E-state index contributed by atoms with van der Waals surface area (Å²) in [6, 6.07) is 1.38. The Morgan fingerprint density at radius 1 is 1.33 bits per heavy atom. The molecule has 2 atom stereocenters. The van der Waals surface area contributed by atoms with Gasteiger partial charge in [-0.05, 0) is 66.3 Å². The third kappa shape index (κ3) is 6.13. The van der Waals surface area contributed by atoms with Crippen molar-refractivity contribution in [2.45, 2.75) is 44.7 Å². The van der Waals surface area contributed by atoms with Crippen LogP contribution in [0.5, 0.6) is 0 Å². The zero-order valence-corrected chi connectivity index (χ0v) is 10.6. The zero-order valence-electron chi connectivity index (χ0n) is 10.6. The Bertz CT molecular complexity index is 151. The van der Waals surface area contributed by atoms with Crippen LogP contribution in [0.15, 0.2) is 0 Å². The summed E-state index contributed by atoms with van der Waals surface area (Å²) in [5, 5.41) is 7.20. The Morgan fingerprint density at radius 2 is 2.13 bits per heavy atom. The summed E-state index contributed by atoms with van der Waals surface area (Å²) in [4.78, 5) is 2.26. The lowest BCUT2D eigenvalue weighted by Crippen LogP contribution is -2.38. The number of nitrogens with zero attached hydrogens (tertiary/aromatic N) is 1. The second-order valence-corrected chi connectivity index (χ2v) is 5.04. The molecule has 0 aromatic heterocycles. The molecule has 0 bridgehead atoms. The van der Waals surface area contributed by atoms with Gasteiger partial charge < -0.3 is 15.5 Å². The monoisotopic (exact) mass is 213 g/mol. The fourth-order valence-electron chi connectivity index (χ4n) is 2.12. The van der Waals surface area contributed by atoms with Crippen molar-refractivity contribution in [3.8, 4) is 0 Å². The Balaban J connectivity index is 2.14. The second kappa shape index (κ2) is 7.20. The predicted octanol–water partition coefficient (Wildman–Crippen LogP) is 1.06. The van der Waals surface area contributed by atoms with Gasteiger partial charge in [0.05, 0.1) is 0 Å². The zero-order chi connectivity index (χ0) is 11.1. The lowest BCUT2D eigenvalue weighted by atomic mass is 10.1. The van der Waals surface area contributed by atoms with Crippen molar-refractivity contribution in [1.82, 2.24) is 15.5 Å². The van der Waals surface area contributed by atoms with E-state index in [4.69, 9.17) is 0 Å². The average molecular weight is 213 g/mol. The summed E-state index contributed by atoms with van der Waals surface area (Å²) < 4.78 is 0. The van der Waals surface area contributed by atoms with Crippen LogP contribution in [0.4, 0.5) is 0 Å². The molecule has 1 aliphatic heterocycles. The molecule has 1 rings (SSSR count). The van der Waals surface area contributed by atoms with E-state index in [1.165, 1.54) is 45.3 Å². The summed E-state index contributed by atoms with van der Waals surface area (Å²) >= 11 is 0. The molecular weight excluding hydrogens is 186 g/mol. The van der Waals surface area contributed by atoms with Crippen LogP contribution in [-0.2, 0) is 0 Å². The third-order valence-electron chi connectivity index (χ3n) is 3.11. The molecule has 3 heteroatoms. The van der Waals surface area contributed by atoms with Gasteiger partial charge in [-0.25, -0.2) is 0 Å². The van der Waals surface area contributed by atoms with Gasteiger partial charge in [-0.1, -0.05) is 0 Å². The van der Waals surface area contributed by atoms with Crippen molar-refractivity contribution in [3.63, 3.8) is 0 Å². The van der Waals surface area contributed by atoms with Gasteiger partial charge in [-0.2, -0.15) is 0 Å². The second-order valence-electron chi connectivity index (χ2n) is 5.04. The highest BCUT2D eigenvalue weighted by Gasteiger charge is 2.13. The Morgan fingerprint density at radius 3 is 2.87 bits per heavy atom. The fourth-order valence-corrected chi connectivity index (χ4v) is 2.12. The lowest BCUT2D eigenvalue weighted by molar-refractivity contribution is 0.339. The molecule has 0 saturated carbocycles. The standard InChI is InChI=1S/C12H27N3/c1-11(7-10-15(2)3)14-12-5-4-8-13-9-6-12/h11-14H,4-10H2,1-3H3. The molecule has 0 amide bonds. The van der Waals surface area contributed by atoms with Crippen LogP contribution in [-0.4, -0.2) is 50.7 Å². The first-order chi connectivity index (χ1) is 7.18. The van der Waals surface area contributed by atoms with Gasteiger partial charge in [0.1, 0.15) is 0 Å². The molecule has 0 aliphatic carbocycles. The van der Waals surface area contributed by atoms with Crippen LogP contribution < -0.4 is 10.6 Å². The fraction of sp³-hybridized carbons (Fsp3) is 1.00. The maximum atomic E-state index is 3.75. The SMILES string of the molecule is CC(CCN(C)C)NC1CCCNCC1. The minimum Gasteiger partial charge on any atom is -0.317 e. The minimum absolute atomic E-state index is 0.649. The van der Waals surface area contributed by atoms with Crippen LogP contribution in [0.25, 0.3) is 0 Å². The van der Waals surface area contributed by atoms with E-state index in [1.54, 1.807) is 0 Å². The molecule has 0 spiro atoms. The van der Waals surface area contributed by atoms with E-state index in [0.29, 0.717) is 6.04 Å². The number of hydrogen-bond acceptors (Lipinski definition) is 3. The van der Waals surface area contributed by atoms with Gasteiger partial charge in [-0.15, -0.1) is 0 Å². The van der Waals surface area contributed by atoms with Crippen molar-refractivity contribution >= 4 is 0 Å². The molecule has 0 radical (unpaired) electrons. The van der Waals surface area contributed by atoms with Gasteiger partial charge >= 0.3 is 0 Å². The van der Waals surface area contributed by atoms with Crippen LogP contribution in [0.3, 0.4) is 0 Å². The molecule has 3 nitrogen and oxygen atoms in total. The van der Waals surface area contributed by atoms with Gasteiger partial charge in [-0.3, -0.25) is 0 Å². The van der Waals surface area contributed by atoms with E-state index >= 15 is 0 Å². The molecule has 1 fully saturated rings. The summed E-state index contributed by atoms with van der Waals surface area (Å²) in [6.07, 6.45) is 5.18. The number of rotatable bonds is 5. The lowest BCUT2D eigenvalue weighted by Gasteiger charge is -2.23. The summed E-state index contributed by atoms with van der Waals surface area (Å²) in [5.41, 5.74) is 0. The van der Waals surface area contributed by atoms with E-state index in [2.05, 4.69) is 36.6 Å². The predicted molar refractivity (Wildman–Crippen MR) is 66.3 cm³/mol. The van der Waals surface area contributed by atoms with Crippen LogP contribution >= 0.6 is 0 Å². The van der Waals surface area contributed by atoms with Crippen molar-refractivity contribution in [1.29, 1.82) is 0 Å². The van der Waals surface area contributed by atoms with E-state index in [-0.39, 0.29) is 0 Å². The first-order valence-corrected chi connectivity index (χ1v) is 6.30. The van der Waals surface area contributed by atoms with E-state index in [0.717, 1.165) is 6.04 Å². The summed E-state index contributed by atoms with van der Waals surface area (Å²) in [7, 11) is 4.28. The minimum atomic E-state index is 0.649.